The Balaban J connectivity index is 1.89. The molecule has 0 aliphatic carbocycles. The summed E-state index contributed by atoms with van der Waals surface area (Å²) in [6, 6.07) is 14.2. The minimum Gasteiger partial charge on any atom is -0.507 e. The maximum atomic E-state index is 13.1. The van der Waals surface area contributed by atoms with Gasteiger partial charge in [0, 0.05) is 23.4 Å². The van der Waals surface area contributed by atoms with Crippen molar-refractivity contribution in [2.24, 2.45) is 0 Å². The highest BCUT2D eigenvalue weighted by Crippen LogP contribution is 2.43. The van der Waals surface area contributed by atoms with E-state index in [4.69, 9.17) is 0 Å². The molecule has 0 aromatic heterocycles. The van der Waals surface area contributed by atoms with Crippen molar-refractivity contribution in [1.82, 2.24) is 0 Å². The van der Waals surface area contributed by atoms with Gasteiger partial charge in [0.2, 0.25) is 0 Å². The van der Waals surface area contributed by atoms with Gasteiger partial charge in [-0.3, -0.25) is 24.6 Å². The number of Topliss-reactive ketones (excluding diaryl/α,β-unsaturated/α-hetero) is 1. The number of anilines is 1. The molecule has 0 radical (unpaired) electrons. The Morgan fingerprint density at radius 1 is 1.00 bits per heavy atom. The van der Waals surface area contributed by atoms with E-state index in [0.717, 1.165) is 46.9 Å². The second-order valence-corrected chi connectivity index (χ2v) is 7.93. The lowest BCUT2D eigenvalue weighted by Gasteiger charge is -2.26. The fourth-order valence-electron chi connectivity index (χ4n) is 3.96. The molecular weight excluding hydrogens is 465 g/mol. The van der Waals surface area contributed by atoms with Gasteiger partial charge in [-0.25, -0.2) is 0 Å². The molecule has 0 saturated carbocycles. The van der Waals surface area contributed by atoms with Gasteiger partial charge in [0.1, 0.15) is 5.76 Å². The van der Waals surface area contributed by atoms with Crippen LogP contribution in [0.3, 0.4) is 0 Å². The first kappa shape index (κ1) is 23.7. The molecule has 3 aromatic carbocycles. The number of carbonyl (C=O) groups is 2. The molecule has 7 nitrogen and oxygen atoms in total. The zero-order chi connectivity index (χ0) is 25.5. The number of non-ortho nitro benzene ring substituents is 1. The van der Waals surface area contributed by atoms with Crippen molar-refractivity contribution in [3.63, 3.8) is 0 Å². The molecule has 1 N–H and O–H groups in total. The molecule has 1 aliphatic rings. The maximum absolute atomic E-state index is 13.1. The van der Waals surface area contributed by atoms with Crippen LogP contribution in [0.25, 0.3) is 5.76 Å². The Morgan fingerprint density at radius 2 is 1.63 bits per heavy atom. The number of halogens is 3. The number of carbonyl (C=O) groups excluding carboxylic acids is 2. The van der Waals surface area contributed by atoms with Crippen molar-refractivity contribution >= 4 is 28.8 Å². The third-order valence-corrected chi connectivity index (χ3v) is 5.63. The zero-order valence-corrected chi connectivity index (χ0v) is 18.1. The van der Waals surface area contributed by atoms with Gasteiger partial charge in [-0.15, -0.1) is 0 Å². The molecule has 1 unspecified atom stereocenters. The highest BCUT2D eigenvalue weighted by molar-refractivity contribution is 6.51. The molecule has 1 heterocycles. The first-order valence-electron chi connectivity index (χ1n) is 10.3. The highest BCUT2D eigenvalue weighted by atomic mass is 19.4. The standard InChI is InChI=1S/C25H17F3N2O5/c1-14-3-2-4-16(13-14)21-20(22(31)15-5-9-19(10-6-15)30(34)35)23(32)24(33)29(21)18-11-7-17(8-12-18)25(26,27)28/h2-13,21,31H,1H3/b22-20-. The number of nitro groups is 1. The predicted molar refractivity (Wildman–Crippen MR) is 121 cm³/mol. The summed E-state index contributed by atoms with van der Waals surface area (Å²) in [7, 11) is 0. The first-order chi connectivity index (χ1) is 16.5. The van der Waals surface area contributed by atoms with E-state index < -0.39 is 40.2 Å². The van der Waals surface area contributed by atoms with Crippen molar-refractivity contribution in [2.75, 3.05) is 4.90 Å². The van der Waals surface area contributed by atoms with E-state index in [1.54, 1.807) is 31.2 Å². The lowest BCUT2D eigenvalue weighted by molar-refractivity contribution is -0.384. The Kier molecular flexibility index (Phi) is 5.89. The molecule has 0 spiro atoms. The summed E-state index contributed by atoms with van der Waals surface area (Å²) in [6.45, 7) is 1.78. The summed E-state index contributed by atoms with van der Waals surface area (Å²) in [5.41, 5.74) is -0.0939. The number of aliphatic hydroxyl groups excluding tert-OH is 1. The summed E-state index contributed by atoms with van der Waals surface area (Å²) >= 11 is 0. The zero-order valence-electron chi connectivity index (χ0n) is 18.1. The van der Waals surface area contributed by atoms with E-state index in [9.17, 15) is 38.0 Å². The van der Waals surface area contributed by atoms with Crippen LogP contribution in [0.4, 0.5) is 24.5 Å². The molecule has 178 valence electrons. The van der Waals surface area contributed by atoms with Gasteiger partial charge in [-0.05, 0) is 48.9 Å². The summed E-state index contributed by atoms with van der Waals surface area (Å²) in [5.74, 6) is -2.62. The normalized spacial score (nSPS) is 17.6. The number of nitrogens with zero attached hydrogens (tertiary/aromatic N) is 2. The highest BCUT2D eigenvalue weighted by Gasteiger charge is 2.47. The molecule has 1 aliphatic heterocycles. The molecule has 1 amide bonds. The number of aliphatic hydroxyl groups is 1. The number of nitro benzene ring substituents is 1. The molecule has 0 bridgehead atoms. The van der Waals surface area contributed by atoms with E-state index in [-0.39, 0.29) is 22.5 Å². The van der Waals surface area contributed by atoms with Crippen molar-refractivity contribution in [1.29, 1.82) is 0 Å². The average molecular weight is 482 g/mol. The van der Waals surface area contributed by atoms with Crippen molar-refractivity contribution in [3.05, 3.63) is 111 Å². The topological polar surface area (TPSA) is 101 Å². The van der Waals surface area contributed by atoms with Crippen molar-refractivity contribution in [3.8, 4) is 0 Å². The van der Waals surface area contributed by atoms with E-state index in [1.165, 1.54) is 12.1 Å². The molecule has 10 heteroatoms. The van der Waals surface area contributed by atoms with Crippen LogP contribution in [-0.2, 0) is 15.8 Å². The minimum atomic E-state index is -4.58. The number of ketones is 1. The molecule has 1 atom stereocenters. The number of aryl methyl sites for hydroxylation is 1. The van der Waals surface area contributed by atoms with Gasteiger partial charge in [-0.2, -0.15) is 13.2 Å². The fraction of sp³-hybridized carbons (Fsp3) is 0.120. The monoisotopic (exact) mass is 482 g/mol. The average Bonchev–Trinajstić information content (AvgIpc) is 3.08. The second kappa shape index (κ2) is 8.71. The number of hydrogen-bond donors (Lipinski definition) is 1. The van der Waals surface area contributed by atoms with Crippen LogP contribution < -0.4 is 4.90 Å². The molecule has 1 saturated heterocycles. The van der Waals surface area contributed by atoms with Gasteiger partial charge in [0.25, 0.3) is 17.4 Å². The smallest absolute Gasteiger partial charge is 0.416 e. The van der Waals surface area contributed by atoms with Crippen LogP contribution in [0.15, 0.2) is 78.4 Å². The summed E-state index contributed by atoms with van der Waals surface area (Å²) in [5, 5.41) is 22.0. The van der Waals surface area contributed by atoms with Gasteiger partial charge >= 0.3 is 6.18 Å². The summed E-state index contributed by atoms with van der Waals surface area (Å²) in [6.07, 6.45) is -4.58. The molecule has 3 aromatic rings. The third kappa shape index (κ3) is 4.37. The van der Waals surface area contributed by atoms with Crippen LogP contribution in [-0.4, -0.2) is 21.7 Å². The Bertz CT molecular complexity index is 1360. The van der Waals surface area contributed by atoms with Crippen molar-refractivity contribution < 1.29 is 32.8 Å². The van der Waals surface area contributed by atoms with E-state index in [0.29, 0.717) is 5.56 Å². The molecular formula is C25H17F3N2O5. The molecule has 1 fully saturated rings. The van der Waals surface area contributed by atoms with Gasteiger partial charge in [0.15, 0.2) is 0 Å². The van der Waals surface area contributed by atoms with Crippen LogP contribution in [0.1, 0.15) is 28.3 Å². The van der Waals surface area contributed by atoms with Gasteiger partial charge < -0.3 is 5.11 Å². The number of amides is 1. The SMILES string of the molecule is Cc1cccc(C2/C(=C(/O)c3ccc([N+](=O)[O-])cc3)C(=O)C(=O)N2c2ccc(C(F)(F)F)cc2)c1. The fourth-order valence-corrected chi connectivity index (χ4v) is 3.96. The number of hydrogen-bond acceptors (Lipinski definition) is 5. The quantitative estimate of drug-likeness (QED) is 0.173. The number of rotatable bonds is 4. The maximum Gasteiger partial charge on any atom is 0.416 e. The van der Waals surface area contributed by atoms with Crippen LogP contribution in [0.2, 0.25) is 0 Å². The third-order valence-electron chi connectivity index (χ3n) is 5.63. The number of alkyl halides is 3. The first-order valence-corrected chi connectivity index (χ1v) is 10.3. The lowest BCUT2D eigenvalue weighted by Crippen LogP contribution is -2.29. The van der Waals surface area contributed by atoms with Crippen LogP contribution >= 0.6 is 0 Å². The largest absolute Gasteiger partial charge is 0.507 e. The summed E-state index contributed by atoms with van der Waals surface area (Å²) < 4.78 is 39.1. The molecule has 35 heavy (non-hydrogen) atoms. The lowest BCUT2D eigenvalue weighted by atomic mass is 9.94. The number of benzene rings is 3. The van der Waals surface area contributed by atoms with Crippen LogP contribution in [0.5, 0.6) is 0 Å². The predicted octanol–water partition coefficient (Wildman–Crippen LogP) is 5.55. The van der Waals surface area contributed by atoms with Gasteiger partial charge in [0.05, 0.1) is 22.1 Å². The van der Waals surface area contributed by atoms with E-state index in [1.807, 2.05) is 0 Å². The second-order valence-electron chi connectivity index (χ2n) is 7.93. The summed E-state index contributed by atoms with van der Waals surface area (Å²) in [4.78, 5) is 37.5. The van der Waals surface area contributed by atoms with Gasteiger partial charge in [-0.1, -0.05) is 29.8 Å². The molecule has 4 rings (SSSR count). The van der Waals surface area contributed by atoms with E-state index >= 15 is 0 Å². The van der Waals surface area contributed by atoms with Crippen molar-refractivity contribution in [2.45, 2.75) is 19.1 Å². The Morgan fingerprint density at radius 3 is 2.17 bits per heavy atom. The Hall–Kier alpha value is -4.47. The van der Waals surface area contributed by atoms with Crippen LogP contribution in [0, 0.1) is 17.0 Å². The minimum absolute atomic E-state index is 0.0364. The van der Waals surface area contributed by atoms with E-state index in [2.05, 4.69) is 0 Å². The Labute approximate surface area is 196 Å².